The normalized spacial score (nSPS) is 12.1. The fraction of sp³-hybridized carbons (Fsp3) is 0.727. The summed E-state index contributed by atoms with van der Waals surface area (Å²) in [7, 11) is 0. The molecule has 0 fully saturated rings. The number of amides is 1. The van der Waals surface area contributed by atoms with Crippen LogP contribution in [0.15, 0.2) is 0 Å². The van der Waals surface area contributed by atoms with Gasteiger partial charge < -0.3 is 15.8 Å². The van der Waals surface area contributed by atoms with Crippen molar-refractivity contribution in [3.05, 3.63) is 10.1 Å². The van der Waals surface area contributed by atoms with Crippen LogP contribution in [0.2, 0.25) is 0 Å². The van der Waals surface area contributed by atoms with E-state index in [2.05, 4.69) is 5.32 Å². The summed E-state index contributed by atoms with van der Waals surface area (Å²) < 4.78 is 4.89. The van der Waals surface area contributed by atoms with E-state index in [-0.39, 0.29) is 30.4 Å². The van der Waals surface area contributed by atoms with E-state index in [0.29, 0.717) is 0 Å². The van der Waals surface area contributed by atoms with Gasteiger partial charge in [-0.05, 0) is 38.6 Å². The molecule has 0 aliphatic carbocycles. The van der Waals surface area contributed by atoms with Crippen LogP contribution in [0.1, 0.15) is 33.6 Å². The lowest BCUT2D eigenvalue weighted by Gasteiger charge is -2.23. The number of nitrogens with zero attached hydrogens (tertiary/aromatic N) is 2. The molecule has 0 spiro atoms. The maximum atomic E-state index is 11.8. The van der Waals surface area contributed by atoms with Gasteiger partial charge >= 0.3 is 6.09 Å². The van der Waals surface area contributed by atoms with Crippen LogP contribution in [0.25, 0.3) is 0 Å². The number of hydrogen-bond acceptors (Lipinski definition) is 6. The van der Waals surface area contributed by atoms with Crippen LogP contribution in [0.5, 0.6) is 0 Å². The second kappa shape index (κ2) is 8.02. The van der Waals surface area contributed by atoms with Crippen LogP contribution in [0, 0.1) is 15.5 Å². The van der Waals surface area contributed by atoms with Gasteiger partial charge in [0.2, 0.25) is 6.29 Å². The lowest BCUT2D eigenvalue weighted by molar-refractivity contribution is -0.640. The van der Waals surface area contributed by atoms with E-state index in [1.807, 2.05) is 0 Å². The monoisotopic (exact) mass is 302 g/mol. The van der Waals surface area contributed by atoms with Gasteiger partial charge in [0.1, 0.15) is 5.60 Å². The number of rotatable bonds is 7. The Morgan fingerprint density at radius 1 is 1.57 bits per heavy atom. The minimum Gasteiger partial charge on any atom is -0.440 e. The van der Waals surface area contributed by atoms with Crippen molar-refractivity contribution in [2.24, 2.45) is 5.73 Å². The number of ether oxygens (including phenoxy) is 1. The number of carbonyl (C=O) groups excluding carboxylic acids is 2. The van der Waals surface area contributed by atoms with Crippen LogP contribution < -0.4 is 11.1 Å². The van der Waals surface area contributed by atoms with Gasteiger partial charge in [-0.25, -0.2) is 14.9 Å². The van der Waals surface area contributed by atoms with Crippen molar-refractivity contribution >= 4 is 18.3 Å². The molecule has 119 valence electrons. The summed E-state index contributed by atoms with van der Waals surface area (Å²) >= 11 is 0. The van der Waals surface area contributed by atoms with Gasteiger partial charge in [-0.1, -0.05) is 0 Å². The second-order valence-corrected chi connectivity index (χ2v) is 5.18. The van der Waals surface area contributed by atoms with E-state index in [1.165, 1.54) is 6.29 Å². The molecule has 0 saturated heterocycles. The third-order valence-corrected chi connectivity index (χ3v) is 2.16. The van der Waals surface area contributed by atoms with E-state index in [0.717, 1.165) is 0 Å². The average molecular weight is 302 g/mol. The average Bonchev–Trinajstić information content (AvgIpc) is 2.29. The molecular formula is C11H20N5O5. The fourth-order valence-corrected chi connectivity index (χ4v) is 1.37. The van der Waals surface area contributed by atoms with Gasteiger partial charge in [0, 0.05) is 6.54 Å². The smallest absolute Gasteiger partial charge is 0.440 e. The number of guanidine groups is 1. The topological polar surface area (TPSA) is 152 Å². The molecule has 0 aromatic carbocycles. The Kier molecular flexibility index (Phi) is 7.11. The number of nitro groups is 1. The first kappa shape index (κ1) is 18.6. The van der Waals surface area contributed by atoms with E-state index >= 15 is 0 Å². The van der Waals surface area contributed by atoms with E-state index in [4.69, 9.17) is 15.9 Å². The van der Waals surface area contributed by atoms with Gasteiger partial charge in [0.05, 0.1) is 0 Å². The molecule has 4 N–H and O–H groups in total. The highest BCUT2D eigenvalue weighted by atomic mass is 16.7. The molecule has 0 aromatic rings. The Hall–Kier alpha value is -2.39. The first-order valence-electron chi connectivity index (χ1n) is 6.20. The predicted octanol–water partition coefficient (Wildman–Crippen LogP) is 0.157. The number of hydrogen-bond donors (Lipinski definition) is 3. The lowest BCUT2D eigenvalue weighted by atomic mass is 10.1. The molecule has 0 unspecified atom stereocenters. The molecule has 1 amide bonds. The van der Waals surface area contributed by atoms with E-state index in [1.54, 1.807) is 20.8 Å². The zero-order chi connectivity index (χ0) is 16.6. The summed E-state index contributed by atoms with van der Waals surface area (Å²) in [5.74, 6) is -0.250. The summed E-state index contributed by atoms with van der Waals surface area (Å²) in [5.41, 5.74) is 4.15. The van der Waals surface area contributed by atoms with E-state index in [9.17, 15) is 19.7 Å². The quantitative estimate of drug-likeness (QED) is 0.199. The summed E-state index contributed by atoms with van der Waals surface area (Å²) in [5, 5.41) is 19.5. The van der Waals surface area contributed by atoms with Crippen molar-refractivity contribution < 1.29 is 19.4 Å². The van der Waals surface area contributed by atoms with Gasteiger partial charge in [-0.3, -0.25) is 10.2 Å². The largest absolute Gasteiger partial charge is 0.469 e. The van der Waals surface area contributed by atoms with E-state index < -0.39 is 22.8 Å². The Morgan fingerprint density at radius 3 is 2.52 bits per heavy atom. The molecule has 0 aliphatic rings. The molecule has 1 radical (unpaired) electrons. The molecule has 10 nitrogen and oxygen atoms in total. The van der Waals surface area contributed by atoms with Crippen molar-refractivity contribution in [2.75, 3.05) is 6.54 Å². The molecule has 0 aliphatic heterocycles. The van der Waals surface area contributed by atoms with Crippen LogP contribution in [-0.4, -0.2) is 46.6 Å². The Balaban J connectivity index is 4.73. The van der Waals surface area contributed by atoms with Crippen LogP contribution in [-0.2, 0) is 9.53 Å². The van der Waals surface area contributed by atoms with Crippen molar-refractivity contribution in [3.63, 3.8) is 0 Å². The highest BCUT2D eigenvalue weighted by molar-refractivity contribution is 5.74. The molecule has 0 heterocycles. The predicted molar refractivity (Wildman–Crippen MR) is 73.7 cm³/mol. The molecular weight excluding hydrogens is 282 g/mol. The fourth-order valence-electron chi connectivity index (χ4n) is 1.37. The van der Waals surface area contributed by atoms with Gasteiger partial charge in [-0.15, -0.1) is 0 Å². The van der Waals surface area contributed by atoms with Crippen molar-refractivity contribution in [1.29, 1.82) is 5.41 Å². The first-order chi connectivity index (χ1) is 9.58. The number of nitrogens with two attached hydrogens (primary N) is 1. The molecule has 0 saturated carbocycles. The molecule has 21 heavy (non-hydrogen) atoms. The van der Waals surface area contributed by atoms with Crippen molar-refractivity contribution in [2.45, 2.75) is 45.3 Å². The lowest BCUT2D eigenvalue weighted by Crippen LogP contribution is -2.47. The maximum absolute atomic E-state index is 11.8. The second-order valence-electron chi connectivity index (χ2n) is 5.18. The Labute approximate surface area is 122 Å². The van der Waals surface area contributed by atoms with Crippen LogP contribution >= 0.6 is 0 Å². The summed E-state index contributed by atoms with van der Waals surface area (Å²) in [6.07, 6.45) is 0.512. The summed E-state index contributed by atoms with van der Waals surface area (Å²) in [6, 6.07) is -1.37. The standard InChI is InChI=1S/C11H20N5O5/c1-11(2,3)21-10(18)15(16(19)20)8(7-17)5-4-6-14-9(12)13/h8H,4-6H2,1-3H3,(H4,12,13,14)/t8-/m0/s1. The van der Waals surface area contributed by atoms with Crippen LogP contribution in [0.3, 0.4) is 0 Å². The third kappa shape index (κ3) is 7.70. The Morgan fingerprint density at radius 2 is 2.14 bits per heavy atom. The number of nitrogens with one attached hydrogen (secondary N) is 2. The first-order valence-corrected chi connectivity index (χ1v) is 6.20. The highest BCUT2D eigenvalue weighted by Gasteiger charge is 2.37. The molecule has 0 bridgehead atoms. The van der Waals surface area contributed by atoms with Crippen LogP contribution in [0.4, 0.5) is 4.79 Å². The van der Waals surface area contributed by atoms with Crippen molar-refractivity contribution in [1.82, 2.24) is 10.3 Å². The van der Waals surface area contributed by atoms with Gasteiger partial charge in [-0.2, -0.15) is 0 Å². The molecule has 1 atom stereocenters. The van der Waals surface area contributed by atoms with Gasteiger partial charge in [0.15, 0.2) is 17.0 Å². The summed E-state index contributed by atoms with van der Waals surface area (Å²) in [6.45, 7) is 4.91. The number of hydrazine groups is 1. The Bertz CT molecular complexity index is 406. The maximum Gasteiger partial charge on any atom is 0.469 e. The SMILES string of the molecule is CC(C)(C)OC(=O)N([C@H]([C]=O)CCCNC(=N)N)[N+](=O)[O-]. The van der Waals surface area contributed by atoms with Gasteiger partial charge in [0.25, 0.3) is 0 Å². The molecule has 0 rings (SSSR count). The number of carbonyl (C=O) groups is 1. The summed E-state index contributed by atoms with van der Waals surface area (Å²) in [4.78, 5) is 33.6. The minimum absolute atomic E-state index is 0.00992. The highest BCUT2D eigenvalue weighted by Crippen LogP contribution is 2.13. The minimum atomic E-state index is -1.37. The molecule has 0 aromatic heterocycles. The zero-order valence-electron chi connectivity index (χ0n) is 12.2. The third-order valence-electron chi connectivity index (χ3n) is 2.16. The molecule has 10 heteroatoms. The zero-order valence-corrected chi connectivity index (χ0v) is 12.2. The van der Waals surface area contributed by atoms with Crippen molar-refractivity contribution in [3.8, 4) is 0 Å².